The maximum Gasteiger partial charge on any atom is 0.155 e. The minimum Gasteiger partial charge on any atom is -0.307 e. The Hall–Kier alpha value is -1.42. The van der Waals surface area contributed by atoms with E-state index in [4.69, 9.17) is 0 Å². The van der Waals surface area contributed by atoms with Crippen molar-refractivity contribution in [1.82, 2.24) is 19.9 Å². The van der Waals surface area contributed by atoms with Gasteiger partial charge >= 0.3 is 0 Å². The summed E-state index contributed by atoms with van der Waals surface area (Å²) in [6.45, 7) is 11.1. The Labute approximate surface area is 127 Å². The molecule has 114 valence electrons. The number of hydrogen-bond acceptors (Lipinski definition) is 3. The first-order chi connectivity index (χ1) is 9.88. The van der Waals surface area contributed by atoms with Crippen molar-refractivity contribution < 1.29 is 0 Å². The van der Waals surface area contributed by atoms with E-state index in [1.165, 1.54) is 30.5 Å². The van der Waals surface area contributed by atoms with E-state index >= 15 is 0 Å². The molecule has 1 aliphatic rings. The van der Waals surface area contributed by atoms with Crippen LogP contribution in [-0.4, -0.2) is 20.6 Å². The van der Waals surface area contributed by atoms with E-state index in [0.29, 0.717) is 17.5 Å². The standard InChI is InChI=1S/C17H26N4/c1-11-9-16-18-10-14(13(3)21(16)20-11)12(2)19-15-7-6-8-17(15,4)5/h9-10,12,15,19H,6-8H2,1-5H3. The minimum absolute atomic E-state index is 0.300. The molecule has 2 aromatic rings. The topological polar surface area (TPSA) is 42.2 Å². The summed E-state index contributed by atoms with van der Waals surface area (Å²) in [4.78, 5) is 4.56. The van der Waals surface area contributed by atoms with E-state index in [0.717, 1.165) is 11.3 Å². The van der Waals surface area contributed by atoms with Crippen LogP contribution < -0.4 is 5.32 Å². The van der Waals surface area contributed by atoms with Crippen LogP contribution in [0, 0.1) is 19.3 Å². The molecule has 2 unspecified atom stereocenters. The average Bonchev–Trinajstić information content (AvgIpc) is 2.93. The number of fused-ring (bicyclic) bond motifs is 1. The molecule has 1 saturated carbocycles. The van der Waals surface area contributed by atoms with Crippen molar-refractivity contribution in [2.45, 2.75) is 66.0 Å². The van der Waals surface area contributed by atoms with Crippen molar-refractivity contribution in [3.05, 3.63) is 29.2 Å². The van der Waals surface area contributed by atoms with E-state index in [9.17, 15) is 0 Å². The number of aromatic nitrogens is 3. The molecule has 21 heavy (non-hydrogen) atoms. The lowest BCUT2D eigenvalue weighted by Crippen LogP contribution is -2.39. The number of nitrogens with zero attached hydrogens (tertiary/aromatic N) is 3. The molecule has 0 aromatic carbocycles. The molecule has 2 aromatic heterocycles. The highest BCUT2D eigenvalue weighted by Gasteiger charge is 2.35. The summed E-state index contributed by atoms with van der Waals surface area (Å²) in [7, 11) is 0. The summed E-state index contributed by atoms with van der Waals surface area (Å²) in [5.41, 5.74) is 4.77. The average molecular weight is 286 g/mol. The van der Waals surface area contributed by atoms with Crippen LogP contribution in [0.5, 0.6) is 0 Å². The number of aryl methyl sites for hydroxylation is 2. The molecule has 2 atom stereocenters. The van der Waals surface area contributed by atoms with Gasteiger partial charge in [-0.3, -0.25) is 0 Å². The minimum atomic E-state index is 0.300. The molecular formula is C17H26N4. The van der Waals surface area contributed by atoms with Crippen molar-refractivity contribution in [2.24, 2.45) is 5.41 Å². The van der Waals surface area contributed by atoms with Gasteiger partial charge in [-0.05, 0) is 39.0 Å². The van der Waals surface area contributed by atoms with Gasteiger partial charge in [0.05, 0.1) is 5.69 Å². The van der Waals surface area contributed by atoms with Gasteiger partial charge < -0.3 is 5.32 Å². The lowest BCUT2D eigenvalue weighted by atomic mass is 9.86. The zero-order valence-electron chi connectivity index (χ0n) is 13.8. The number of rotatable bonds is 3. The van der Waals surface area contributed by atoms with Crippen molar-refractivity contribution in [3.8, 4) is 0 Å². The van der Waals surface area contributed by atoms with Gasteiger partial charge in [-0.15, -0.1) is 0 Å². The largest absolute Gasteiger partial charge is 0.307 e. The fourth-order valence-electron chi connectivity index (χ4n) is 3.63. The van der Waals surface area contributed by atoms with Gasteiger partial charge in [0.1, 0.15) is 0 Å². The Kier molecular flexibility index (Phi) is 3.52. The SMILES string of the molecule is Cc1cc2ncc(C(C)NC3CCCC3(C)C)c(C)n2n1. The predicted octanol–water partition coefficient (Wildman–Crippen LogP) is 3.58. The molecule has 0 aliphatic heterocycles. The normalized spacial score (nSPS) is 22.8. The maximum atomic E-state index is 4.56. The smallest absolute Gasteiger partial charge is 0.155 e. The highest BCUT2D eigenvalue weighted by atomic mass is 15.3. The van der Waals surface area contributed by atoms with E-state index in [-0.39, 0.29) is 0 Å². The molecule has 3 rings (SSSR count). The van der Waals surface area contributed by atoms with Crippen LogP contribution in [0.4, 0.5) is 0 Å². The monoisotopic (exact) mass is 286 g/mol. The number of hydrogen-bond donors (Lipinski definition) is 1. The molecule has 1 aliphatic carbocycles. The summed E-state index contributed by atoms with van der Waals surface area (Å²) in [6, 6.07) is 2.91. The van der Waals surface area contributed by atoms with E-state index in [1.807, 2.05) is 23.7 Å². The van der Waals surface area contributed by atoms with Gasteiger partial charge in [-0.25, -0.2) is 9.50 Å². The Balaban J connectivity index is 1.87. The Morgan fingerprint density at radius 3 is 2.81 bits per heavy atom. The lowest BCUT2D eigenvalue weighted by molar-refractivity contribution is 0.266. The van der Waals surface area contributed by atoms with Crippen LogP contribution in [0.15, 0.2) is 12.3 Å². The van der Waals surface area contributed by atoms with E-state index in [2.05, 4.69) is 43.1 Å². The van der Waals surface area contributed by atoms with Gasteiger partial charge in [0.2, 0.25) is 0 Å². The summed E-state index contributed by atoms with van der Waals surface area (Å²) < 4.78 is 1.96. The predicted molar refractivity (Wildman–Crippen MR) is 85.4 cm³/mol. The van der Waals surface area contributed by atoms with Gasteiger partial charge in [0.15, 0.2) is 5.65 Å². The molecule has 2 heterocycles. The van der Waals surface area contributed by atoms with Gasteiger partial charge in [0.25, 0.3) is 0 Å². The summed E-state index contributed by atoms with van der Waals surface area (Å²) in [5, 5.41) is 8.36. The maximum absolute atomic E-state index is 4.56. The van der Waals surface area contributed by atoms with Crippen LogP contribution in [0.3, 0.4) is 0 Å². The second-order valence-electron chi connectivity index (χ2n) is 7.18. The second kappa shape index (κ2) is 5.09. The first-order valence-corrected chi connectivity index (χ1v) is 7.96. The van der Waals surface area contributed by atoms with Crippen LogP contribution in [0.1, 0.15) is 63.0 Å². The molecule has 0 spiro atoms. The first-order valence-electron chi connectivity index (χ1n) is 7.96. The lowest BCUT2D eigenvalue weighted by Gasteiger charge is -2.31. The van der Waals surface area contributed by atoms with Crippen molar-refractivity contribution >= 4 is 5.65 Å². The van der Waals surface area contributed by atoms with E-state index in [1.54, 1.807) is 0 Å². The summed E-state index contributed by atoms with van der Waals surface area (Å²) >= 11 is 0. The van der Waals surface area contributed by atoms with Crippen LogP contribution in [0.2, 0.25) is 0 Å². The Morgan fingerprint density at radius 2 is 2.14 bits per heavy atom. The molecule has 1 N–H and O–H groups in total. The summed E-state index contributed by atoms with van der Waals surface area (Å²) in [6.07, 6.45) is 5.91. The Bertz CT molecular complexity index is 656. The van der Waals surface area contributed by atoms with E-state index < -0.39 is 0 Å². The molecule has 0 saturated heterocycles. The zero-order valence-corrected chi connectivity index (χ0v) is 13.8. The fourth-order valence-corrected chi connectivity index (χ4v) is 3.63. The molecule has 0 bridgehead atoms. The highest BCUT2D eigenvalue weighted by Crippen LogP contribution is 2.38. The molecule has 4 heteroatoms. The third-order valence-corrected chi connectivity index (χ3v) is 5.06. The van der Waals surface area contributed by atoms with Crippen molar-refractivity contribution in [3.63, 3.8) is 0 Å². The van der Waals surface area contributed by atoms with Gasteiger partial charge in [-0.2, -0.15) is 5.10 Å². The van der Waals surface area contributed by atoms with Crippen LogP contribution >= 0.6 is 0 Å². The fraction of sp³-hybridized carbons (Fsp3) is 0.647. The third-order valence-electron chi connectivity index (χ3n) is 5.06. The van der Waals surface area contributed by atoms with Crippen molar-refractivity contribution in [2.75, 3.05) is 0 Å². The Morgan fingerprint density at radius 1 is 1.38 bits per heavy atom. The quantitative estimate of drug-likeness (QED) is 0.938. The molecule has 0 amide bonds. The zero-order chi connectivity index (χ0) is 15.2. The van der Waals surface area contributed by atoms with Gasteiger partial charge in [0, 0.05) is 35.6 Å². The van der Waals surface area contributed by atoms with Crippen LogP contribution in [0.25, 0.3) is 5.65 Å². The molecule has 0 radical (unpaired) electrons. The van der Waals surface area contributed by atoms with Crippen LogP contribution in [-0.2, 0) is 0 Å². The third kappa shape index (κ3) is 2.57. The van der Waals surface area contributed by atoms with Crippen molar-refractivity contribution in [1.29, 1.82) is 0 Å². The van der Waals surface area contributed by atoms with Gasteiger partial charge in [-0.1, -0.05) is 20.3 Å². The first kappa shape index (κ1) is 14.5. The molecular weight excluding hydrogens is 260 g/mol. The summed E-state index contributed by atoms with van der Waals surface area (Å²) in [5.74, 6) is 0. The second-order valence-corrected chi connectivity index (χ2v) is 7.18. The molecule has 1 fully saturated rings. The highest BCUT2D eigenvalue weighted by molar-refractivity contribution is 5.42. The number of nitrogens with one attached hydrogen (secondary N) is 1. The molecule has 4 nitrogen and oxygen atoms in total.